The van der Waals surface area contributed by atoms with Crippen molar-refractivity contribution in [1.82, 2.24) is 0 Å². The summed E-state index contributed by atoms with van der Waals surface area (Å²) in [5, 5.41) is 0. The van der Waals surface area contributed by atoms with E-state index in [4.69, 9.17) is 9.47 Å². The van der Waals surface area contributed by atoms with Crippen molar-refractivity contribution in [1.29, 1.82) is 0 Å². The number of imide groups is 1. The van der Waals surface area contributed by atoms with E-state index in [0.717, 1.165) is 33.4 Å². The Kier molecular flexibility index (Phi) is 5.30. The lowest BCUT2D eigenvalue weighted by atomic mass is 9.64. The number of benzene rings is 3. The standard InChI is InChI=1S/C31H27NO5/c1-16-5-7-18(3)24(13-16)32-29(33)26-22(19-8-10-20(36-4)11-9-19)15-23-21-12-6-17(2)14-25(21)37-31(35)27(23)28(26)30(32)34/h5-15,22,26-28H,1-4H3/t22-,26-,27-,28-/m0/s1. The third kappa shape index (κ3) is 3.50. The van der Waals surface area contributed by atoms with E-state index in [1.54, 1.807) is 7.11 Å². The van der Waals surface area contributed by atoms with Gasteiger partial charge in [-0.15, -0.1) is 0 Å². The number of ether oxygens (including phenoxy) is 2. The van der Waals surface area contributed by atoms with Crippen LogP contribution in [0, 0.1) is 38.5 Å². The number of fused-ring (bicyclic) bond motifs is 5. The molecule has 0 spiro atoms. The summed E-state index contributed by atoms with van der Waals surface area (Å²) in [6.07, 6.45) is 2.00. The van der Waals surface area contributed by atoms with E-state index >= 15 is 0 Å². The number of hydrogen-bond donors (Lipinski definition) is 0. The van der Waals surface area contributed by atoms with Gasteiger partial charge < -0.3 is 9.47 Å². The van der Waals surface area contributed by atoms with Crippen molar-refractivity contribution in [3.63, 3.8) is 0 Å². The summed E-state index contributed by atoms with van der Waals surface area (Å²) >= 11 is 0. The minimum absolute atomic E-state index is 0.290. The predicted octanol–water partition coefficient (Wildman–Crippen LogP) is 5.14. The lowest BCUT2D eigenvalue weighted by molar-refractivity contribution is -0.142. The van der Waals surface area contributed by atoms with Gasteiger partial charge in [0.2, 0.25) is 11.8 Å². The predicted molar refractivity (Wildman–Crippen MR) is 139 cm³/mol. The number of carbonyl (C=O) groups excluding carboxylic acids is 3. The van der Waals surface area contributed by atoms with Crippen LogP contribution in [0.1, 0.15) is 33.7 Å². The van der Waals surface area contributed by atoms with Gasteiger partial charge in [0.1, 0.15) is 11.5 Å². The highest BCUT2D eigenvalue weighted by molar-refractivity contribution is 6.25. The third-order valence-electron chi connectivity index (χ3n) is 7.86. The van der Waals surface area contributed by atoms with Crippen molar-refractivity contribution in [3.8, 4) is 11.5 Å². The fourth-order valence-corrected chi connectivity index (χ4v) is 6.02. The normalized spacial score (nSPS) is 24.2. The monoisotopic (exact) mass is 493 g/mol. The van der Waals surface area contributed by atoms with E-state index in [2.05, 4.69) is 0 Å². The molecule has 2 amide bonds. The van der Waals surface area contributed by atoms with Crippen molar-refractivity contribution < 1.29 is 23.9 Å². The SMILES string of the molecule is COc1ccc([C@@H]2C=C3c4ccc(C)cc4OC(=O)[C@@H]3[C@H]3C(=O)N(c4cc(C)ccc4C)C(=O)[C@H]32)cc1. The Balaban J connectivity index is 1.55. The second-order valence-electron chi connectivity index (χ2n) is 10.2. The van der Waals surface area contributed by atoms with E-state index in [1.165, 1.54) is 4.90 Å². The maximum Gasteiger partial charge on any atom is 0.319 e. The van der Waals surface area contributed by atoms with Crippen LogP contribution >= 0.6 is 0 Å². The number of anilines is 1. The van der Waals surface area contributed by atoms with E-state index in [9.17, 15) is 14.4 Å². The van der Waals surface area contributed by atoms with Gasteiger partial charge in [-0.1, -0.05) is 42.5 Å². The highest BCUT2D eigenvalue weighted by Crippen LogP contribution is 2.55. The minimum atomic E-state index is -0.860. The number of aryl methyl sites for hydroxylation is 3. The summed E-state index contributed by atoms with van der Waals surface area (Å²) in [4.78, 5) is 42.9. The Morgan fingerprint density at radius 2 is 1.49 bits per heavy atom. The summed E-state index contributed by atoms with van der Waals surface area (Å²) in [7, 11) is 1.60. The van der Waals surface area contributed by atoms with Crippen LogP contribution in [0.15, 0.2) is 66.7 Å². The molecular formula is C31H27NO5. The number of carbonyl (C=O) groups is 3. The maximum absolute atomic E-state index is 14.1. The van der Waals surface area contributed by atoms with E-state index < -0.39 is 29.6 Å². The topological polar surface area (TPSA) is 72.9 Å². The third-order valence-corrected chi connectivity index (χ3v) is 7.86. The largest absolute Gasteiger partial charge is 0.497 e. The highest BCUT2D eigenvalue weighted by atomic mass is 16.5. The molecule has 6 nitrogen and oxygen atoms in total. The molecule has 0 N–H and O–H groups in total. The second-order valence-corrected chi connectivity index (χ2v) is 10.2. The van der Waals surface area contributed by atoms with Gasteiger partial charge in [0.25, 0.3) is 0 Å². The molecule has 3 aromatic rings. The van der Waals surface area contributed by atoms with Crippen LogP contribution in [0.3, 0.4) is 0 Å². The summed E-state index contributed by atoms with van der Waals surface area (Å²) < 4.78 is 11.1. The quantitative estimate of drug-likeness (QED) is 0.287. The number of hydrogen-bond acceptors (Lipinski definition) is 5. The van der Waals surface area contributed by atoms with Crippen LogP contribution in [0.4, 0.5) is 5.69 Å². The first-order chi connectivity index (χ1) is 17.8. The molecular weight excluding hydrogens is 466 g/mol. The summed E-state index contributed by atoms with van der Waals surface area (Å²) in [6.45, 7) is 5.75. The number of amides is 2. The molecule has 0 saturated carbocycles. The fourth-order valence-electron chi connectivity index (χ4n) is 6.02. The summed E-state index contributed by atoms with van der Waals surface area (Å²) in [6, 6.07) is 19.0. The number of nitrogens with zero attached hydrogens (tertiary/aromatic N) is 1. The highest BCUT2D eigenvalue weighted by Gasteiger charge is 2.60. The van der Waals surface area contributed by atoms with Crippen molar-refractivity contribution in [2.24, 2.45) is 17.8 Å². The van der Waals surface area contributed by atoms with E-state index in [-0.39, 0.29) is 11.8 Å². The van der Waals surface area contributed by atoms with Crippen LogP contribution < -0.4 is 14.4 Å². The number of methoxy groups -OCH3 is 1. The van der Waals surface area contributed by atoms with Gasteiger partial charge in [-0.3, -0.25) is 14.4 Å². The van der Waals surface area contributed by atoms with Crippen LogP contribution in [0.25, 0.3) is 5.57 Å². The van der Waals surface area contributed by atoms with Crippen LogP contribution in [0.2, 0.25) is 0 Å². The Morgan fingerprint density at radius 3 is 2.22 bits per heavy atom. The average Bonchev–Trinajstić information content (AvgIpc) is 3.14. The zero-order chi connectivity index (χ0) is 26.0. The Hall–Kier alpha value is -4.19. The Bertz CT molecular complexity index is 1500. The Morgan fingerprint density at radius 1 is 0.811 bits per heavy atom. The zero-order valence-corrected chi connectivity index (χ0v) is 21.1. The Labute approximate surface area is 215 Å². The van der Waals surface area contributed by atoms with Crippen LogP contribution in [-0.2, 0) is 14.4 Å². The maximum atomic E-state index is 14.1. The van der Waals surface area contributed by atoms with Crippen molar-refractivity contribution >= 4 is 29.0 Å². The zero-order valence-electron chi connectivity index (χ0n) is 21.1. The van der Waals surface area contributed by atoms with Gasteiger partial charge >= 0.3 is 5.97 Å². The molecule has 37 heavy (non-hydrogen) atoms. The van der Waals surface area contributed by atoms with E-state index in [1.807, 2.05) is 87.5 Å². The molecule has 6 heteroatoms. The lowest BCUT2D eigenvalue weighted by Crippen LogP contribution is -2.42. The molecule has 4 atom stereocenters. The second kappa shape index (κ2) is 8.44. The minimum Gasteiger partial charge on any atom is -0.497 e. The van der Waals surface area contributed by atoms with Crippen LogP contribution in [-0.4, -0.2) is 24.9 Å². The molecule has 6 rings (SSSR count). The van der Waals surface area contributed by atoms with Gasteiger partial charge in [0, 0.05) is 11.5 Å². The van der Waals surface area contributed by atoms with Crippen molar-refractivity contribution in [2.45, 2.75) is 26.7 Å². The molecule has 1 aliphatic carbocycles. The molecule has 2 aliphatic heterocycles. The van der Waals surface area contributed by atoms with Gasteiger partial charge in [0.05, 0.1) is 30.6 Å². The molecule has 186 valence electrons. The smallest absolute Gasteiger partial charge is 0.319 e. The molecule has 3 aliphatic rings. The first-order valence-electron chi connectivity index (χ1n) is 12.4. The molecule has 1 fully saturated rings. The van der Waals surface area contributed by atoms with Crippen LogP contribution in [0.5, 0.6) is 11.5 Å². The molecule has 1 saturated heterocycles. The number of rotatable bonds is 3. The molecule has 3 aromatic carbocycles. The van der Waals surface area contributed by atoms with Gasteiger partial charge in [-0.2, -0.15) is 0 Å². The molecule has 0 aromatic heterocycles. The summed E-state index contributed by atoms with van der Waals surface area (Å²) in [5.74, 6) is -2.77. The molecule has 2 heterocycles. The fraction of sp³-hybridized carbons (Fsp3) is 0.258. The molecule has 0 unspecified atom stereocenters. The van der Waals surface area contributed by atoms with Gasteiger partial charge in [0.15, 0.2) is 0 Å². The summed E-state index contributed by atoms with van der Waals surface area (Å²) in [5.41, 5.74) is 5.74. The first-order valence-corrected chi connectivity index (χ1v) is 12.4. The number of esters is 1. The average molecular weight is 494 g/mol. The molecule has 0 radical (unpaired) electrons. The van der Waals surface area contributed by atoms with Crippen molar-refractivity contribution in [3.05, 3.63) is 94.6 Å². The van der Waals surface area contributed by atoms with E-state index in [0.29, 0.717) is 17.2 Å². The number of allylic oxidation sites excluding steroid dienone is 1. The molecule has 0 bridgehead atoms. The lowest BCUT2D eigenvalue weighted by Gasteiger charge is -2.38. The first kappa shape index (κ1) is 23.2. The van der Waals surface area contributed by atoms with Gasteiger partial charge in [-0.25, -0.2) is 4.90 Å². The van der Waals surface area contributed by atoms with Gasteiger partial charge in [-0.05, 0) is 72.9 Å². The van der Waals surface area contributed by atoms with Crippen molar-refractivity contribution in [2.75, 3.05) is 12.0 Å².